The summed E-state index contributed by atoms with van der Waals surface area (Å²) in [7, 11) is 1.82. The molecule has 0 fully saturated rings. The first kappa shape index (κ1) is 16.2. The third kappa shape index (κ3) is 5.00. The average molecular weight is 291 g/mol. The molecule has 0 aromatic heterocycles. The van der Waals surface area contributed by atoms with Crippen LogP contribution in [0.25, 0.3) is 5.57 Å². The van der Waals surface area contributed by atoms with Gasteiger partial charge in [0.1, 0.15) is 0 Å². The molecular formula is C21H25N. The van der Waals surface area contributed by atoms with Gasteiger partial charge in [-0.15, -0.1) is 0 Å². The van der Waals surface area contributed by atoms with Gasteiger partial charge in [-0.2, -0.15) is 0 Å². The van der Waals surface area contributed by atoms with Crippen molar-refractivity contribution in [2.75, 3.05) is 7.05 Å². The Balaban J connectivity index is 2.17. The van der Waals surface area contributed by atoms with Crippen LogP contribution in [0.1, 0.15) is 30.5 Å². The molecule has 2 aromatic rings. The number of aliphatic imine (C=N–C) groups is 1. The first-order chi connectivity index (χ1) is 10.7. The van der Waals surface area contributed by atoms with Gasteiger partial charge in [0, 0.05) is 13.3 Å². The third-order valence-electron chi connectivity index (χ3n) is 3.60. The first-order valence-electron chi connectivity index (χ1n) is 7.94. The molecule has 2 rings (SSSR count). The van der Waals surface area contributed by atoms with Crippen molar-refractivity contribution in [3.63, 3.8) is 0 Å². The van der Waals surface area contributed by atoms with E-state index in [1.54, 1.807) is 0 Å². The monoisotopic (exact) mass is 291 g/mol. The SMILES string of the molecule is CN=C/C(=C\Cc1ccccc1)c1ccc(CC(C)C)cc1. The molecule has 0 radical (unpaired) electrons. The van der Waals surface area contributed by atoms with Crippen molar-refractivity contribution in [1.82, 2.24) is 0 Å². The van der Waals surface area contributed by atoms with Gasteiger partial charge in [-0.05, 0) is 41.0 Å². The Bertz CT molecular complexity index is 619. The lowest BCUT2D eigenvalue weighted by Crippen LogP contribution is -1.95. The second kappa shape index (κ2) is 8.33. The molecule has 114 valence electrons. The van der Waals surface area contributed by atoms with Gasteiger partial charge in [-0.25, -0.2) is 0 Å². The summed E-state index contributed by atoms with van der Waals surface area (Å²) >= 11 is 0. The molecule has 0 aliphatic rings. The zero-order valence-corrected chi connectivity index (χ0v) is 13.8. The zero-order chi connectivity index (χ0) is 15.8. The molecule has 0 atom stereocenters. The summed E-state index contributed by atoms with van der Waals surface area (Å²) < 4.78 is 0. The predicted molar refractivity (Wildman–Crippen MR) is 97.5 cm³/mol. The van der Waals surface area contributed by atoms with Crippen LogP contribution >= 0.6 is 0 Å². The van der Waals surface area contributed by atoms with E-state index < -0.39 is 0 Å². The van der Waals surface area contributed by atoms with Crippen LogP contribution < -0.4 is 0 Å². The zero-order valence-electron chi connectivity index (χ0n) is 13.8. The molecule has 2 aromatic carbocycles. The van der Waals surface area contributed by atoms with Crippen LogP contribution in [0.15, 0.2) is 65.7 Å². The molecular weight excluding hydrogens is 266 g/mol. The summed E-state index contributed by atoms with van der Waals surface area (Å²) in [4.78, 5) is 4.20. The van der Waals surface area contributed by atoms with Gasteiger partial charge in [-0.3, -0.25) is 4.99 Å². The molecule has 0 heterocycles. The Labute approximate surface area is 134 Å². The molecule has 0 unspecified atom stereocenters. The van der Waals surface area contributed by atoms with Crippen LogP contribution in [0, 0.1) is 5.92 Å². The van der Waals surface area contributed by atoms with Gasteiger partial charge in [0.2, 0.25) is 0 Å². The summed E-state index contributed by atoms with van der Waals surface area (Å²) in [6, 6.07) is 19.4. The summed E-state index contributed by atoms with van der Waals surface area (Å²) in [6.07, 6.45) is 6.25. The van der Waals surface area contributed by atoms with E-state index in [4.69, 9.17) is 0 Å². The Morgan fingerprint density at radius 3 is 2.23 bits per heavy atom. The highest BCUT2D eigenvalue weighted by atomic mass is 14.6. The minimum absolute atomic E-state index is 0.691. The second-order valence-electron chi connectivity index (χ2n) is 6.03. The molecule has 0 saturated carbocycles. The first-order valence-corrected chi connectivity index (χ1v) is 7.94. The fraction of sp³-hybridized carbons (Fsp3) is 0.286. The van der Waals surface area contributed by atoms with Crippen LogP contribution in [-0.2, 0) is 12.8 Å². The van der Waals surface area contributed by atoms with Crippen molar-refractivity contribution in [3.8, 4) is 0 Å². The van der Waals surface area contributed by atoms with Crippen molar-refractivity contribution in [1.29, 1.82) is 0 Å². The van der Waals surface area contributed by atoms with Gasteiger partial charge in [0.25, 0.3) is 0 Å². The highest BCUT2D eigenvalue weighted by Crippen LogP contribution is 2.17. The van der Waals surface area contributed by atoms with E-state index in [1.807, 2.05) is 13.3 Å². The predicted octanol–water partition coefficient (Wildman–Crippen LogP) is 5.21. The molecule has 0 N–H and O–H groups in total. The van der Waals surface area contributed by atoms with Gasteiger partial charge in [-0.1, -0.05) is 74.5 Å². The molecule has 1 nitrogen and oxygen atoms in total. The minimum atomic E-state index is 0.691. The van der Waals surface area contributed by atoms with E-state index in [9.17, 15) is 0 Å². The highest BCUT2D eigenvalue weighted by Gasteiger charge is 2.01. The Hall–Kier alpha value is -2.15. The number of rotatable bonds is 6. The summed E-state index contributed by atoms with van der Waals surface area (Å²) in [5.41, 5.74) is 5.13. The number of allylic oxidation sites excluding steroid dienone is 2. The summed E-state index contributed by atoms with van der Waals surface area (Å²) in [5.74, 6) is 0.691. The molecule has 0 spiro atoms. The van der Waals surface area contributed by atoms with E-state index >= 15 is 0 Å². The maximum absolute atomic E-state index is 4.20. The van der Waals surface area contributed by atoms with Gasteiger partial charge in [0.15, 0.2) is 0 Å². The summed E-state index contributed by atoms with van der Waals surface area (Å²) in [6.45, 7) is 4.51. The lowest BCUT2D eigenvalue weighted by Gasteiger charge is -2.07. The Kier molecular flexibility index (Phi) is 6.14. The fourth-order valence-corrected chi connectivity index (χ4v) is 2.53. The van der Waals surface area contributed by atoms with E-state index in [2.05, 4.69) is 79.5 Å². The highest BCUT2D eigenvalue weighted by molar-refractivity contribution is 6.09. The van der Waals surface area contributed by atoms with Crippen molar-refractivity contribution >= 4 is 11.8 Å². The standard InChI is InChI=1S/C21H25N/c1-17(2)15-19-10-12-20(13-11-19)21(16-22-3)14-9-18-7-5-4-6-8-18/h4-8,10-14,16-17H,9,15H2,1-3H3/b21-14+,22-16?. The molecule has 0 aliphatic carbocycles. The minimum Gasteiger partial charge on any atom is -0.296 e. The van der Waals surface area contributed by atoms with Crippen LogP contribution in [0.5, 0.6) is 0 Å². The largest absolute Gasteiger partial charge is 0.296 e. The van der Waals surface area contributed by atoms with Crippen molar-refractivity contribution < 1.29 is 0 Å². The van der Waals surface area contributed by atoms with E-state index in [1.165, 1.54) is 22.3 Å². The molecule has 0 bridgehead atoms. The maximum atomic E-state index is 4.20. The van der Waals surface area contributed by atoms with Crippen LogP contribution in [-0.4, -0.2) is 13.3 Å². The van der Waals surface area contributed by atoms with E-state index in [0.717, 1.165) is 12.8 Å². The molecule has 0 saturated heterocycles. The van der Waals surface area contributed by atoms with Gasteiger partial charge >= 0.3 is 0 Å². The molecule has 22 heavy (non-hydrogen) atoms. The lowest BCUT2D eigenvalue weighted by atomic mass is 9.98. The van der Waals surface area contributed by atoms with Crippen LogP contribution in [0.4, 0.5) is 0 Å². The second-order valence-corrected chi connectivity index (χ2v) is 6.03. The quantitative estimate of drug-likeness (QED) is 0.648. The fourth-order valence-electron chi connectivity index (χ4n) is 2.53. The van der Waals surface area contributed by atoms with Gasteiger partial charge in [0.05, 0.1) is 0 Å². The molecule has 0 amide bonds. The van der Waals surface area contributed by atoms with Crippen LogP contribution in [0.3, 0.4) is 0 Å². The van der Waals surface area contributed by atoms with Crippen LogP contribution in [0.2, 0.25) is 0 Å². The molecule has 1 heteroatoms. The lowest BCUT2D eigenvalue weighted by molar-refractivity contribution is 0.647. The van der Waals surface area contributed by atoms with Gasteiger partial charge < -0.3 is 0 Å². The smallest absolute Gasteiger partial charge is 0.0284 e. The van der Waals surface area contributed by atoms with Crippen molar-refractivity contribution in [2.24, 2.45) is 10.9 Å². The molecule has 0 aliphatic heterocycles. The maximum Gasteiger partial charge on any atom is 0.0284 e. The normalized spacial score (nSPS) is 12.3. The summed E-state index contributed by atoms with van der Waals surface area (Å²) in [5, 5.41) is 0. The number of hydrogen-bond acceptors (Lipinski definition) is 1. The van der Waals surface area contributed by atoms with Crippen molar-refractivity contribution in [3.05, 3.63) is 77.4 Å². The third-order valence-corrected chi connectivity index (χ3v) is 3.60. The van der Waals surface area contributed by atoms with Crippen molar-refractivity contribution in [2.45, 2.75) is 26.7 Å². The van der Waals surface area contributed by atoms with E-state index in [0.29, 0.717) is 5.92 Å². The average Bonchev–Trinajstić information content (AvgIpc) is 2.53. The number of hydrogen-bond donors (Lipinski definition) is 0. The number of benzene rings is 2. The Morgan fingerprint density at radius 2 is 1.64 bits per heavy atom. The number of nitrogens with zero attached hydrogens (tertiary/aromatic N) is 1. The van der Waals surface area contributed by atoms with E-state index in [-0.39, 0.29) is 0 Å². The Morgan fingerprint density at radius 1 is 0.955 bits per heavy atom. The topological polar surface area (TPSA) is 12.4 Å².